The molecule has 0 aliphatic rings. The van der Waals surface area contributed by atoms with Gasteiger partial charge in [0.1, 0.15) is 24.1 Å². The summed E-state index contributed by atoms with van der Waals surface area (Å²) in [6.45, 7) is 6.58. The molecule has 0 saturated heterocycles. The number of Topliss-reactive ketones (excluding diaryl/α,β-unsaturated/α-hetero) is 2. The number of nitro benzene ring substituents is 1. The molecule has 0 heterocycles. The van der Waals surface area contributed by atoms with E-state index in [-0.39, 0.29) is 42.8 Å². The minimum absolute atomic E-state index is 0.0356. The molecule has 2 atom stereocenters. The highest BCUT2D eigenvalue weighted by Gasteiger charge is 2.39. The van der Waals surface area contributed by atoms with Crippen LogP contribution in [0.2, 0.25) is 0 Å². The molecule has 0 aliphatic heterocycles. The Hall–Kier alpha value is -2.61. The van der Waals surface area contributed by atoms with Gasteiger partial charge >= 0.3 is 5.97 Å². The van der Waals surface area contributed by atoms with Crippen molar-refractivity contribution in [3.8, 4) is 0 Å². The van der Waals surface area contributed by atoms with Gasteiger partial charge in [-0.05, 0) is 26.3 Å². The third-order valence-corrected chi connectivity index (χ3v) is 3.94. The smallest absolute Gasteiger partial charge is 0.317 e. The topological polar surface area (TPSA) is 113 Å². The molecule has 27 heavy (non-hydrogen) atoms. The number of ketones is 2. The van der Waals surface area contributed by atoms with Crippen LogP contribution in [0.4, 0.5) is 5.69 Å². The first kappa shape index (κ1) is 22.4. The van der Waals surface area contributed by atoms with Gasteiger partial charge in [-0.1, -0.05) is 19.1 Å². The average molecular weight is 379 g/mol. The second kappa shape index (κ2) is 10.5. The van der Waals surface area contributed by atoms with Gasteiger partial charge in [0.05, 0.1) is 23.6 Å². The van der Waals surface area contributed by atoms with Crippen molar-refractivity contribution in [2.75, 3.05) is 13.2 Å². The summed E-state index contributed by atoms with van der Waals surface area (Å²) in [5.41, 5.74) is 0.0223. The van der Waals surface area contributed by atoms with Crippen molar-refractivity contribution in [2.45, 2.75) is 46.1 Å². The van der Waals surface area contributed by atoms with E-state index in [4.69, 9.17) is 9.47 Å². The van der Waals surface area contributed by atoms with Crippen molar-refractivity contribution >= 4 is 23.2 Å². The van der Waals surface area contributed by atoms with E-state index in [1.807, 2.05) is 13.8 Å². The van der Waals surface area contributed by atoms with E-state index in [0.29, 0.717) is 0 Å². The number of carbonyl (C=O) groups excluding carboxylic acids is 3. The summed E-state index contributed by atoms with van der Waals surface area (Å²) < 4.78 is 10.4. The maximum Gasteiger partial charge on any atom is 0.317 e. The third kappa shape index (κ3) is 6.56. The van der Waals surface area contributed by atoms with Crippen LogP contribution in [0.3, 0.4) is 0 Å². The fourth-order valence-electron chi connectivity index (χ4n) is 2.67. The molecule has 148 valence electrons. The van der Waals surface area contributed by atoms with Gasteiger partial charge in [-0.2, -0.15) is 0 Å². The second-order valence-corrected chi connectivity index (χ2v) is 6.32. The molecule has 0 N–H and O–H groups in total. The lowest BCUT2D eigenvalue weighted by atomic mass is 9.79. The van der Waals surface area contributed by atoms with E-state index < -0.39 is 28.5 Å². The van der Waals surface area contributed by atoms with Crippen molar-refractivity contribution in [3.63, 3.8) is 0 Å². The summed E-state index contributed by atoms with van der Waals surface area (Å²) in [6, 6.07) is 5.41. The second-order valence-electron chi connectivity index (χ2n) is 6.32. The van der Waals surface area contributed by atoms with Crippen molar-refractivity contribution in [1.82, 2.24) is 0 Å². The SMILES string of the molecule is CCC(=O)C(c1cccc([N+](=O)[O-])c1)C(C(C)=O)C(=O)OCCOC(C)C. The molecule has 8 nitrogen and oxygen atoms in total. The number of ether oxygens (including phenoxy) is 2. The number of benzene rings is 1. The molecule has 0 bridgehead atoms. The first-order valence-corrected chi connectivity index (χ1v) is 8.74. The van der Waals surface area contributed by atoms with Crippen LogP contribution < -0.4 is 0 Å². The summed E-state index contributed by atoms with van der Waals surface area (Å²) in [5.74, 6) is -4.24. The fourth-order valence-corrected chi connectivity index (χ4v) is 2.67. The van der Waals surface area contributed by atoms with Crippen LogP contribution in [0.25, 0.3) is 0 Å². The maximum atomic E-state index is 12.5. The van der Waals surface area contributed by atoms with Crippen LogP contribution in [0.5, 0.6) is 0 Å². The highest BCUT2D eigenvalue weighted by atomic mass is 16.6. The van der Waals surface area contributed by atoms with Crippen LogP contribution in [-0.4, -0.2) is 41.8 Å². The van der Waals surface area contributed by atoms with Crippen molar-refractivity contribution in [3.05, 3.63) is 39.9 Å². The first-order valence-electron chi connectivity index (χ1n) is 8.74. The van der Waals surface area contributed by atoms with E-state index in [0.717, 1.165) is 0 Å². The predicted octanol–water partition coefficient (Wildman–Crippen LogP) is 2.83. The Kier molecular flexibility index (Phi) is 8.74. The number of hydrogen-bond acceptors (Lipinski definition) is 7. The van der Waals surface area contributed by atoms with Crippen molar-refractivity contribution in [2.24, 2.45) is 5.92 Å². The molecule has 8 heteroatoms. The van der Waals surface area contributed by atoms with E-state index in [1.54, 1.807) is 6.92 Å². The zero-order valence-corrected chi connectivity index (χ0v) is 16.0. The van der Waals surface area contributed by atoms with Gasteiger partial charge < -0.3 is 9.47 Å². The van der Waals surface area contributed by atoms with Gasteiger partial charge in [0, 0.05) is 18.6 Å². The zero-order valence-electron chi connectivity index (χ0n) is 16.0. The molecule has 1 rings (SSSR count). The lowest BCUT2D eigenvalue weighted by Gasteiger charge is -2.23. The summed E-state index contributed by atoms with van der Waals surface area (Å²) in [6.07, 6.45) is 0.0348. The summed E-state index contributed by atoms with van der Waals surface area (Å²) in [4.78, 5) is 47.6. The normalized spacial score (nSPS) is 13.1. The van der Waals surface area contributed by atoms with E-state index >= 15 is 0 Å². The lowest BCUT2D eigenvalue weighted by molar-refractivity contribution is -0.384. The number of esters is 1. The van der Waals surface area contributed by atoms with E-state index in [9.17, 15) is 24.5 Å². The number of nitrogens with zero attached hydrogens (tertiary/aromatic N) is 1. The van der Waals surface area contributed by atoms with Crippen molar-refractivity contribution < 1.29 is 28.8 Å². The Morgan fingerprint density at radius 2 is 1.85 bits per heavy atom. The lowest BCUT2D eigenvalue weighted by Crippen LogP contribution is -2.35. The molecular formula is C19H25NO7. The van der Waals surface area contributed by atoms with Crippen LogP contribution in [0.1, 0.15) is 45.6 Å². The Labute approximate surface area is 158 Å². The standard InChI is InChI=1S/C19H25NO7/c1-5-16(22)18(14-7-6-8-15(11-14)20(24)25)17(13(4)21)19(23)27-10-9-26-12(2)3/h6-8,11-12,17-18H,5,9-10H2,1-4H3. The van der Waals surface area contributed by atoms with Crippen molar-refractivity contribution in [1.29, 1.82) is 0 Å². The Morgan fingerprint density at radius 1 is 1.19 bits per heavy atom. The minimum atomic E-state index is -1.36. The molecule has 0 amide bonds. The molecule has 1 aromatic rings. The number of non-ortho nitro benzene ring substituents is 1. The molecule has 0 aromatic heterocycles. The molecule has 0 saturated carbocycles. The number of nitro groups is 1. The molecule has 0 aliphatic carbocycles. The highest BCUT2D eigenvalue weighted by molar-refractivity contribution is 6.04. The first-order chi connectivity index (χ1) is 12.7. The Balaban J connectivity index is 3.14. The van der Waals surface area contributed by atoms with Gasteiger partial charge in [0.2, 0.25) is 0 Å². The molecule has 2 unspecified atom stereocenters. The minimum Gasteiger partial charge on any atom is -0.463 e. The van der Waals surface area contributed by atoms with Gasteiger partial charge in [-0.25, -0.2) is 0 Å². The fraction of sp³-hybridized carbons (Fsp3) is 0.526. The summed E-state index contributed by atoms with van der Waals surface area (Å²) in [5, 5.41) is 11.0. The average Bonchev–Trinajstić information content (AvgIpc) is 2.61. The summed E-state index contributed by atoms with van der Waals surface area (Å²) >= 11 is 0. The van der Waals surface area contributed by atoms with E-state index in [2.05, 4.69) is 0 Å². The van der Waals surface area contributed by atoms with Gasteiger partial charge in [-0.3, -0.25) is 24.5 Å². The monoisotopic (exact) mass is 379 g/mol. The molecule has 0 radical (unpaired) electrons. The number of carbonyl (C=O) groups is 3. The van der Waals surface area contributed by atoms with Gasteiger partial charge in [-0.15, -0.1) is 0 Å². The maximum absolute atomic E-state index is 12.5. The zero-order chi connectivity index (χ0) is 20.6. The van der Waals surface area contributed by atoms with Crippen LogP contribution in [0.15, 0.2) is 24.3 Å². The number of hydrogen-bond donors (Lipinski definition) is 0. The van der Waals surface area contributed by atoms with Gasteiger partial charge in [0.25, 0.3) is 5.69 Å². The van der Waals surface area contributed by atoms with Crippen LogP contribution >= 0.6 is 0 Å². The quantitative estimate of drug-likeness (QED) is 0.191. The summed E-state index contributed by atoms with van der Waals surface area (Å²) in [7, 11) is 0. The number of rotatable bonds is 11. The Morgan fingerprint density at radius 3 is 2.37 bits per heavy atom. The van der Waals surface area contributed by atoms with Crippen LogP contribution in [-0.2, 0) is 23.9 Å². The largest absolute Gasteiger partial charge is 0.463 e. The molecular weight excluding hydrogens is 354 g/mol. The third-order valence-electron chi connectivity index (χ3n) is 3.94. The van der Waals surface area contributed by atoms with E-state index in [1.165, 1.54) is 31.2 Å². The predicted molar refractivity (Wildman–Crippen MR) is 97.4 cm³/mol. The molecule has 0 fully saturated rings. The molecule has 0 spiro atoms. The Bertz CT molecular complexity index is 699. The molecule has 1 aromatic carbocycles. The van der Waals surface area contributed by atoms with Crippen LogP contribution in [0, 0.1) is 16.0 Å². The van der Waals surface area contributed by atoms with Gasteiger partial charge in [0.15, 0.2) is 0 Å². The highest BCUT2D eigenvalue weighted by Crippen LogP contribution is 2.31.